The number of amides is 2. The van der Waals surface area contributed by atoms with Crippen molar-refractivity contribution in [3.05, 3.63) is 30.6 Å². The van der Waals surface area contributed by atoms with Crippen LogP contribution >= 0.6 is 0 Å². The third kappa shape index (κ3) is 4.45. The molecule has 0 radical (unpaired) electrons. The molecule has 0 bridgehead atoms. The Morgan fingerprint density at radius 2 is 1.81 bits per heavy atom. The number of carbonyl (C=O) groups excluding carboxylic acids is 1. The van der Waals surface area contributed by atoms with Crippen LogP contribution in [-0.4, -0.2) is 55.1 Å². The Bertz CT molecular complexity index is 730. The van der Waals surface area contributed by atoms with E-state index in [1.54, 1.807) is 39.7 Å². The first kappa shape index (κ1) is 18.9. The van der Waals surface area contributed by atoms with E-state index in [9.17, 15) is 4.79 Å². The Morgan fingerprint density at radius 3 is 2.33 bits per heavy atom. The number of ether oxygens (including phenoxy) is 3. The Kier molecular flexibility index (Phi) is 6.05. The molecule has 146 valence electrons. The van der Waals surface area contributed by atoms with Gasteiger partial charge in [-0.1, -0.05) is 0 Å². The molecule has 1 aliphatic rings. The number of hydrogen-bond acceptors (Lipinski definition) is 5. The number of carbonyl (C=O) groups is 1. The highest BCUT2D eigenvalue weighted by Crippen LogP contribution is 2.40. The number of nitrogens with one attached hydrogen (secondary N) is 1. The van der Waals surface area contributed by atoms with E-state index in [4.69, 9.17) is 14.2 Å². The molecule has 1 N–H and O–H groups in total. The highest BCUT2D eigenvalue weighted by Gasteiger charge is 2.24. The summed E-state index contributed by atoms with van der Waals surface area (Å²) in [7, 11) is 4.65. The molecule has 2 amide bonds. The zero-order valence-electron chi connectivity index (χ0n) is 16.0. The van der Waals surface area contributed by atoms with Crippen LogP contribution in [0.1, 0.15) is 12.8 Å². The van der Waals surface area contributed by atoms with Gasteiger partial charge in [0.25, 0.3) is 0 Å². The topological polar surface area (TPSA) is 77.9 Å². The Labute approximate surface area is 159 Å². The lowest BCUT2D eigenvalue weighted by Crippen LogP contribution is -2.41. The number of rotatable bonds is 6. The van der Waals surface area contributed by atoms with Crippen molar-refractivity contribution in [2.24, 2.45) is 5.92 Å². The van der Waals surface area contributed by atoms with E-state index in [1.807, 2.05) is 21.8 Å². The molecule has 1 aromatic carbocycles. The summed E-state index contributed by atoms with van der Waals surface area (Å²) in [6, 6.07) is 5.26. The number of nitrogens with zero attached hydrogens (tertiary/aromatic N) is 3. The highest BCUT2D eigenvalue weighted by atomic mass is 16.5. The van der Waals surface area contributed by atoms with E-state index in [1.165, 1.54) is 0 Å². The van der Waals surface area contributed by atoms with Gasteiger partial charge >= 0.3 is 6.03 Å². The monoisotopic (exact) mass is 374 g/mol. The Balaban J connectivity index is 1.59. The molecule has 0 spiro atoms. The van der Waals surface area contributed by atoms with Gasteiger partial charge in [-0.2, -0.15) is 5.10 Å². The first-order valence-electron chi connectivity index (χ1n) is 8.98. The molecule has 2 aromatic rings. The molecule has 27 heavy (non-hydrogen) atoms. The van der Waals surface area contributed by atoms with Gasteiger partial charge in [0.2, 0.25) is 5.75 Å². The van der Waals surface area contributed by atoms with E-state index in [0.29, 0.717) is 28.9 Å². The van der Waals surface area contributed by atoms with Gasteiger partial charge in [0.1, 0.15) is 0 Å². The van der Waals surface area contributed by atoms with Crippen LogP contribution in [0.25, 0.3) is 0 Å². The molecule has 0 aliphatic carbocycles. The molecular weight excluding hydrogens is 348 g/mol. The minimum atomic E-state index is -0.123. The quantitative estimate of drug-likeness (QED) is 0.841. The third-order valence-corrected chi connectivity index (χ3v) is 4.82. The van der Waals surface area contributed by atoms with E-state index in [-0.39, 0.29) is 6.03 Å². The summed E-state index contributed by atoms with van der Waals surface area (Å²) >= 11 is 0. The van der Waals surface area contributed by atoms with E-state index >= 15 is 0 Å². The van der Waals surface area contributed by atoms with Gasteiger partial charge in [0.05, 0.1) is 27.0 Å². The summed E-state index contributed by atoms with van der Waals surface area (Å²) in [5, 5.41) is 7.18. The first-order valence-corrected chi connectivity index (χ1v) is 8.98. The van der Waals surface area contributed by atoms with Gasteiger partial charge in [-0.3, -0.25) is 4.68 Å². The minimum Gasteiger partial charge on any atom is -0.493 e. The smallest absolute Gasteiger partial charge is 0.321 e. The molecule has 0 unspecified atom stereocenters. The fourth-order valence-corrected chi connectivity index (χ4v) is 3.35. The van der Waals surface area contributed by atoms with E-state index in [2.05, 4.69) is 10.4 Å². The van der Waals surface area contributed by atoms with Crippen molar-refractivity contribution in [2.45, 2.75) is 19.4 Å². The minimum absolute atomic E-state index is 0.123. The van der Waals surface area contributed by atoms with Gasteiger partial charge in [-0.15, -0.1) is 0 Å². The number of hydrogen-bond donors (Lipinski definition) is 1. The second-order valence-electron chi connectivity index (χ2n) is 6.50. The number of piperidine rings is 1. The molecule has 1 aromatic heterocycles. The van der Waals surface area contributed by atoms with Crippen molar-refractivity contribution in [1.82, 2.24) is 14.7 Å². The van der Waals surface area contributed by atoms with Crippen molar-refractivity contribution >= 4 is 11.7 Å². The zero-order valence-corrected chi connectivity index (χ0v) is 16.0. The maximum absolute atomic E-state index is 12.6. The van der Waals surface area contributed by atoms with Crippen molar-refractivity contribution in [3.8, 4) is 17.2 Å². The van der Waals surface area contributed by atoms with Crippen LogP contribution in [0.3, 0.4) is 0 Å². The van der Waals surface area contributed by atoms with Crippen LogP contribution in [0.2, 0.25) is 0 Å². The lowest BCUT2D eigenvalue weighted by molar-refractivity contribution is 0.175. The average Bonchev–Trinajstić information content (AvgIpc) is 3.20. The fourth-order valence-electron chi connectivity index (χ4n) is 3.35. The molecule has 0 saturated carbocycles. The zero-order chi connectivity index (χ0) is 19.2. The van der Waals surface area contributed by atoms with Crippen LogP contribution in [-0.2, 0) is 6.54 Å². The number of aromatic nitrogens is 2. The largest absolute Gasteiger partial charge is 0.493 e. The Hall–Kier alpha value is -2.90. The highest BCUT2D eigenvalue weighted by molar-refractivity contribution is 5.90. The van der Waals surface area contributed by atoms with Gasteiger partial charge in [0, 0.05) is 44.2 Å². The predicted octanol–water partition coefficient (Wildman–Crippen LogP) is 2.85. The maximum Gasteiger partial charge on any atom is 0.321 e. The molecule has 8 nitrogen and oxygen atoms in total. The summed E-state index contributed by atoms with van der Waals surface area (Å²) in [4.78, 5) is 14.5. The molecule has 1 saturated heterocycles. The van der Waals surface area contributed by atoms with Crippen molar-refractivity contribution in [3.63, 3.8) is 0 Å². The van der Waals surface area contributed by atoms with Crippen LogP contribution in [0.5, 0.6) is 17.2 Å². The summed E-state index contributed by atoms with van der Waals surface area (Å²) in [6.45, 7) is 2.35. The van der Waals surface area contributed by atoms with E-state index < -0.39 is 0 Å². The number of urea groups is 1. The van der Waals surface area contributed by atoms with Crippen molar-refractivity contribution in [2.75, 3.05) is 39.7 Å². The number of methoxy groups -OCH3 is 3. The van der Waals surface area contributed by atoms with Crippen molar-refractivity contribution in [1.29, 1.82) is 0 Å². The Morgan fingerprint density at radius 1 is 1.15 bits per heavy atom. The van der Waals surface area contributed by atoms with Crippen LogP contribution in [0, 0.1) is 5.92 Å². The van der Waals surface area contributed by atoms with Crippen LogP contribution in [0.15, 0.2) is 30.6 Å². The van der Waals surface area contributed by atoms with Gasteiger partial charge in [-0.05, 0) is 24.8 Å². The third-order valence-electron chi connectivity index (χ3n) is 4.82. The maximum atomic E-state index is 12.6. The molecule has 3 rings (SSSR count). The van der Waals surface area contributed by atoms with Gasteiger partial charge < -0.3 is 24.4 Å². The van der Waals surface area contributed by atoms with Crippen LogP contribution in [0.4, 0.5) is 10.5 Å². The lowest BCUT2D eigenvalue weighted by Gasteiger charge is -2.32. The normalized spacial score (nSPS) is 14.7. The number of likely N-dealkylation sites (tertiary alicyclic amines) is 1. The molecule has 8 heteroatoms. The molecule has 1 aliphatic heterocycles. The lowest BCUT2D eigenvalue weighted by atomic mass is 9.97. The molecule has 0 atom stereocenters. The summed E-state index contributed by atoms with van der Waals surface area (Å²) < 4.78 is 17.9. The molecule has 1 fully saturated rings. The number of benzene rings is 1. The SMILES string of the molecule is COc1cc(NC(=O)N2CCC(Cn3cccn3)CC2)cc(OC)c1OC. The van der Waals surface area contributed by atoms with Crippen molar-refractivity contribution < 1.29 is 19.0 Å². The van der Waals surface area contributed by atoms with Gasteiger partial charge in [0.15, 0.2) is 11.5 Å². The second kappa shape index (κ2) is 8.66. The standard InChI is InChI=1S/C19H26N4O4/c1-25-16-11-15(12-17(26-2)18(16)27-3)21-19(24)22-9-5-14(6-10-22)13-23-8-4-7-20-23/h4,7-8,11-12,14H,5-6,9-10,13H2,1-3H3,(H,21,24). The summed E-state index contributed by atoms with van der Waals surface area (Å²) in [6.07, 6.45) is 5.69. The van der Waals surface area contributed by atoms with E-state index in [0.717, 1.165) is 32.5 Å². The summed E-state index contributed by atoms with van der Waals surface area (Å²) in [5.41, 5.74) is 0.605. The predicted molar refractivity (Wildman–Crippen MR) is 102 cm³/mol. The first-order chi connectivity index (χ1) is 13.1. The average molecular weight is 374 g/mol. The second-order valence-corrected chi connectivity index (χ2v) is 6.50. The molecule has 2 heterocycles. The van der Waals surface area contributed by atoms with Crippen LogP contribution < -0.4 is 19.5 Å². The fraction of sp³-hybridized carbons (Fsp3) is 0.474. The molecular formula is C19H26N4O4. The summed E-state index contributed by atoms with van der Waals surface area (Å²) in [5.74, 6) is 2.04. The number of anilines is 1. The van der Waals surface area contributed by atoms with Gasteiger partial charge in [-0.25, -0.2) is 4.79 Å².